The highest BCUT2D eigenvalue weighted by molar-refractivity contribution is 6.28. The fourth-order valence-corrected chi connectivity index (χ4v) is 4.52. The Kier molecular flexibility index (Phi) is 4.09. The third-order valence-electron chi connectivity index (χ3n) is 5.80. The highest BCUT2D eigenvalue weighted by Crippen LogP contribution is 2.46. The molecule has 1 aromatic heterocycles. The molecule has 6 nitrogen and oxygen atoms in total. The lowest BCUT2D eigenvalue weighted by molar-refractivity contribution is 0.104. The summed E-state index contributed by atoms with van der Waals surface area (Å²) in [6.07, 6.45) is 2.36. The van der Waals surface area contributed by atoms with Crippen LogP contribution in [-0.2, 0) is 0 Å². The fraction of sp³-hybridized carbons (Fsp3) is 0.364. The Morgan fingerprint density at radius 3 is 2.93 bits per heavy atom. The summed E-state index contributed by atoms with van der Waals surface area (Å²) in [6, 6.07) is 9.51. The zero-order valence-electron chi connectivity index (χ0n) is 15.9. The Balaban J connectivity index is 1.77. The average molecular weight is 377 g/mol. The van der Waals surface area contributed by atoms with Crippen molar-refractivity contribution in [2.45, 2.75) is 19.8 Å². The van der Waals surface area contributed by atoms with Crippen LogP contribution in [0.1, 0.15) is 35.7 Å². The molecule has 2 aromatic carbocycles. The fourth-order valence-electron chi connectivity index (χ4n) is 4.52. The van der Waals surface area contributed by atoms with Gasteiger partial charge in [-0.3, -0.25) is 4.79 Å². The van der Waals surface area contributed by atoms with Crippen molar-refractivity contribution in [2.75, 3.05) is 36.5 Å². The second kappa shape index (κ2) is 6.63. The van der Waals surface area contributed by atoms with Gasteiger partial charge in [-0.15, -0.1) is 0 Å². The van der Waals surface area contributed by atoms with Gasteiger partial charge < -0.3 is 19.8 Å². The minimum atomic E-state index is -0.0321. The van der Waals surface area contributed by atoms with Crippen molar-refractivity contribution in [3.05, 3.63) is 41.5 Å². The van der Waals surface area contributed by atoms with Crippen molar-refractivity contribution in [1.82, 2.24) is 5.16 Å². The number of anilines is 2. The first kappa shape index (κ1) is 17.3. The van der Waals surface area contributed by atoms with E-state index in [4.69, 9.17) is 4.52 Å². The van der Waals surface area contributed by atoms with Gasteiger partial charge in [0.05, 0.1) is 23.2 Å². The monoisotopic (exact) mass is 377 g/mol. The summed E-state index contributed by atoms with van der Waals surface area (Å²) in [7, 11) is 0. The summed E-state index contributed by atoms with van der Waals surface area (Å²) in [5, 5.41) is 17.7. The second-order valence-electron chi connectivity index (χ2n) is 7.77. The molecule has 2 heterocycles. The first-order chi connectivity index (χ1) is 13.7. The predicted molar refractivity (Wildman–Crippen MR) is 109 cm³/mol. The minimum absolute atomic E-state index is 0.00513. The van der Waals surface area contributed by atoms with Crippen molar-refractivity contribution in [1.29, 1.82) is 0 Å². The van der Waals surface area contributed by atoms with Crippen LogP contribution >= 0.6 is 0 Å². The molecule has 0 radical (unpaired) electrons. The van der Waals surface area contributed by atoms with E-state index in [1.54, 1.807) is 0 Å². The highest BCUT2D eigenvalue weighted by atomic mass is 16.5. The molecule has 0 unspecified atom stereocenters. The smallest absolute Gasteiger partial charge is 0.196 e. The maximum atomic E-state index is 13.3. The summed E-state index contributed by atoms with van der Waals surface area (Å²) in [4.78, 5) is 15.7. The van der Waals surface area contributed by atoms with E-state index in [0.717, 1.165) is 47.4 Å². The van der Waals surface area contributed by atoms with Crippen LogP contribution in [0.4, 0.5) is 11.4 Å². The number of ketones is 1. The van der Waals surface area contributed by atoms with Crippen LogP contribution in [0.3, 0.4) is 0 Å². The van der Waals surface area contributed by atoms with Crippen molar-refractivity contribution < 1.29 is 14.4 Å². The van der Waals surface area contributed by atoms with Crippen LogP contribution in [0.2, 0.25) is 0 Å². The predicted octanol–water partition coefficient (Wildman–Crippen LogP) is 3.68. The molecule has 2 aliphatic rings. The number of nitrogens with zero attached hydrogens (tertiary/aromatic N) is 2. The topological polar surface area (TPSA) is 78.6 Å². The van der Waals surface area contributed by atoms with E-state index >= 15 is 0 Å². The number of nitrogens with one attached hydrogen (secondary N) is 1. The summed E-state index contributed by atoms with van der Waals surface area (Å²) in [5.74, 6) is 1.23. The van der Waals surface area contributed by atoms with Crippen molar-refractivity contribution >= 4 is 28.1 Å². The van der Waals surface area contributed by atoms with Crippen molar-refractivity contribution in [3.63, 3.8) is 0 Å². The number of rotatable bonds is 4. The van der Waals surface area contributed by atoms with Gasteiger partial charge >= 0.3 is 0 Å². The molecule has 3 aromatic rings. The van der Waals surface area contributed by atoms with E-state index in [-0.39, 0.29) is 12.4 Å². The maximum Gasteiger partial charge on any atom is 0.196 e. The maximum absolute atomic E-state index is 13.3. The molecule has 1 atom stereocenters. The quantitative estimate of drug-likeness (QED) is 0.565. The minimum Gasteiger partial charge on any atom is -0.395 e. The van der Waals surface area contributed by atoms with Crippen molar-refractivity contribution in [2.24, 2.45) is 5.92 Å². The molecule has 28 heavy (non-hydrogen) atoms. The van der Waals surface area contributed by atoms with E-state index in [1.807, 2.05) is 30.3 Å². The summed E-state index contributed by atoms with van der Waals surface area (Å²) >= 11 is 0. The summed E-state index contributed by atoms with van der Waals surface area (Å²) in [6.45, 7) is 4.56. The number of aliphatic hydroxyl groups excluding tert-OH is 1. The zero-order chi connectivity index (χ0) is 19.3. The largest absolute Gasteiger partial charge is 0.395 e. The van der Waals surface area contributed by atoms with Gasteiger partial charge in [0, 0.05) is 36.4 Å². The van der Waals surface area contributed by atoms with Gasteiger partial charge in [0.2, 0.25) is 0 Å². The molecule has 144 valence electrons. The van der Waals surface area contributed by atoms with Gasteiger partial charge in [-0.2, -0.15) is 0 Å². The third kappa shape index (κ3) is 2.52. The van der Waals surface area contributed by atoms with E-state index in [0.29, 0.717) is 29.3 Å². The molecule has 0 saturated carbocycles. The number of hydrogen-bond acceptors (Lipinski definition) is 6. The Labute approximate surface area is 163 Å². The zero-order valence-corrected chi connectivity index (χ0v) is 15.9. The molecule has 0 bridgehead atoms. The number of fused-ring (bicyclic) bond motifs is 2. The number of benzene rings is 2. The average Bonchev–Trinajstić information content (AvgIpc) is 3.15. The molecule has 0 spiro atoms. The molecule has 2 N–H and O–H groups in total. The molecule has 1 saturated heterocycles. The standard InChI is InChI=1S/C22H23N3O3/c1-13-5-4-9-25(12-13)17-11-16(23-8-10-26)18-19-20(17)24-28-22(19)15-7-3-2-6-14(15)21(18)27/h2-3,6-7,11,13,23,26H,4-5,8-10,12H2,1H3/t13-/m1/s1. The number of aromatic nitrogens is 1. The van der Waals surface area contributed by atoms with Crippen molar-refractivity contribution in [3.8, 4) is 11.3 Å². The molecular weight excluding hydrogens is 354 g/mol. The van der Waals surface area contributed by atoms with Crippen LogP contribution in [0.5, 0.6) is 0 Å². The van der Waals surface area contributed by atoms with Gasteiger partial charge in [-0.1, -0.05) is 36.3 Å². The van der Waals surface area contributed by atoms with Gasteiger partial charge in [-0.05, 0) is 24.8 Å². The van der Waals surface area contributed by atoms with Crippen LogP contribution in [-0.4, -0.2) is 42.3 Å². The third-order valence-corrected chi connectivity index (χ3v) is 5.80. The van der Waals surface area contributed by atoms with E-state index in [1.165, 1.54) is 6.42 Å². The summed E-state index contributed by atoms with van der Waals surface area (Å²) in [5.41, 5.74) is 4.48. The van der Waals surface area contributed by atoms with E-state index < -0.39 is 0 Å². The van der Waals surface area contributed by atoms with E-state index in [2.05, 4.69) is 22.3 Å². The van der Waals surface area contributed by atoms with Gasteiger partial charge in [0.15, 0.2) is 11.5 Å². The lowest BCUT2D eigenvalue weighted by Crippen LogP contribution is -2.34. The van der Waals surface area contributed by atoms with Crippen LogP contribution in [0.25, 0.3) is 22.2 Å². The van der Waals surface area contributed by atoms with Crippen LogP contribution in [0, 0.1) is 5.92 Å². The van der Waals surface area contributed by atoms with Gasteiger partial charge in [-0.25, -0.2) is 0 Å². The summed E-state index contributed by atoms with van der Waals surface area (Å²) < 4.78 is 5.78. The molecule has 0 amide bonds. The normalized spacial score (nSPS) is 18.4. The number of carbonyl (C=O) groups excluding carboxylic acids is 1. The van der Waals surface area contributed by atoms with Gasteiger partial charge in [0.1, 0.15) is 5.52 Å². The Morgan fingerprint density at radius 1 is 1.32 bits per heavy atom. The lowest BCUT2D eigenvalue weighted by Gasteiger charge is -2.33. The Hall–Kier alpha value is -2.86. The molecule has 5 rings (SSSR count). The SMILES string of the molecule is C[C@@H]1CCCN(c2cc(NCCO)c3c4c(onc24)-c2ccccc2C3=O)C1. The van der Waals surface area contributed by atoms with Crippen LogP contribution in [0.15, 0.2) is 34.9 Å². The molecular formula is C22H23N3O3. The van der Waals surface area contributed by atoms with Crippen LogP contribution < -0.4 is 10.2 Å². The number of hydrogen-bond donors (Lipinski definition) is 2. The Morgan fingerprint density at radius 2 is 2.14 bits per heavy atom. The van der Waals surface area contributed by atoms with Gasteiger partial charge in [0.25, 0.3) is 0 Å². The molecule has 1 aliphatic carbocycles. The lowest BCUT2D eigenvalue weighted by atomic mass is 9.86. The van der Waals surface area contributed by atoms with E-state index in [9.17, 15) is 9.90 Å². The first-order valence-corrected chi connectivity index (χ1v) is 9.89. The highest BCUT2D eigenvalue weighted by Gasteiger charge is 2.34. The Bertz CT molecular complexity index is 1070. The number of carbonyl (C=O) groups is 1. The molecule has 1 fully saturated rings. The number of aliphatic hydroxyl groups is 1. The second-order valence-corrected chi connectivity index (χ2v) is 7.77. The molecule has 1 aliphatic heterocycles. The first-order valence-electron chi connectivity index (χ1n) is 9.89. The number of piperidine rings is 1. The molecule has 6 heteroatoms.